The van der Waals surface area contributed by atoms with Crippen LogP contribution in [0.3, 0.4) is 0 Å². The molecule has 1 saturated heterocycles. The van der Waals surface area contributed by atoms with Crippen LogP contribution in [-0.2, 0) is 4.79 Å². The number of nitrogens with zero attached hydrogens (tertiary/aromatic N) is 1. The van der Waals surface area contributed by atoms with Gasteiger partial charge in [-0.15, -0.1) is 0 Å². The van der Waals surface area contributed by atoms with Crippen molar-refractivity contribution in [2.45, 2.75) is 31.8 Å². The predicted molar refractivity (Wildman–Crippen MR) is 57.4 cm³/mol. The van der Waals surface area contributed by atoms with Gasteiger partial charge in [-0.25, -0.2) is 0 Å². The summed E-state index contributed by atoms with van der Waals surface area (Å²) in [6.07, 6.45) is 3.30. The molecule has 1 aliphatic heterocycles. The van der Waals surface area contributed by atoms with Crippen molar-refractivity contribution in [3.05, 3.63) is 0 Å². The van der Waals surface area contributed by atoms with Crippen molar-refractivity contribution >= 4 is 5.91 Å². The van der Waals surface area contributed by atoms with Crippen molar-refractivity contribution in [2.24, 2.45) is 5.92 Å². The molecule has 1 amide bonds. The topological polar surface area (TPSA) is 52.6 Å². The van der Waals surface area contributed by atoms with Crippen LogP contribution in [0.4, 0.5) is 0 Å². The number of β-amino-alcohol motifs (C(OH)–C–C–N with tert-alkyl or cyclic N) is 1. The number of rotatable bonds is 5. The van der Waals surface area contributed by atoms with Gasteiger partial charge in [-0.3, -0.25) is 4.79 Å². The van der Waals surface area contributed by atoms with E-state index in [1.54, 1.807) is 4.90 Å². The molecule has 86 valence electrons. The van der Waals surface area contributed by atoms with Gasteiger partial charge in [0, 0.05) is 0 Å². The Bertz CT molecular complexity index is 245. The van der Waals surface area contributed by atoms with Gasteiger partial charge in [-0.1, -0.05) is 6.92 Å². The minimum atomic E-state index is -0.541. The number of hydrogen-bond acceptors (Lipinski definition) is 3. The van der Waals surface area contributed by atoms with Gasteiger partial charge in [-0.2, -0.15) is 0 Å². The lowest BCUT2D eigenvalue weighted by molar-refractivity contribution is -0.158. The minimum Gasteiger partial charge on any atom is -0.386 e. The Morgan fingerprint density at radius 2 is 2.20 bits per heavy atom. The van der Waals surface area contributed by atoms with Gasteiger partial charge in [0.25, 0.3) is 0 Å². The molecule has 4 nitrogen and oxygen atoms in total. The highest BCUT2D eigenvalue weighted by Gasteiger charge is 2.52. The van der Waals surface area contributed by atoms with E-state index < -0.39 is 5.60 Å². The average Bonchev–Trinajstić information content (AvgIpc) is 2.96. The van der Waals surface area contributed by atoms with Crippen molar-refractivity contribution in [1.82, 2.24) is 10.2 Å². The number of carbonyl (C=O) groups excluding carboxylic acids is 1. The zero-order valence-electron chi connectivity index (χ0n) is 9.33. The van der Waals surface area contributed by atoms with Gasteiger partial charge in [0.2, 0.25) is 5.91 Å². The lowest BCUT2D eigenvalue weighted by Gasteiger charge is -2.47. The highest BCUT2D eigenvalue weighted by molar-refractivity contribution is 5.79. The molecule has 0 spiro atoms. The van der Waals surface area contributed by atoms with Crippen molar-refractivity contribution in [3.63, 3.8) is 0 Å². The largest absolute Gasteiger partial charge is 0.386 e. The Hall–Kier alpha value is -0.610. The van der Waals surface area contributed by atoms with E-state index in [0.29, 0.717) is 25.6 Å². The molecular weight excluding hydrogens is 192 g/mol. The van der Waals surface area contributed by atoms with E-state index >= 15 is 0 Å². The van der Waals surface area contributed by atoms with Crippen molar-refractivity contribution in [3.8, 4) is 0 Å². The first kappa shape index (κ1) is 10.9. The van der Waals surface area contributed by atoms with Crippen LogP contribution in [0.25, 0.3) is 0 Å². The quantitative estimate of drug-likeness (QED) is 0.629. The van der Waals surface area contributed by atoms with E-state index in [1.807, 2.05) is 0 Å². The molecule has 0 aromatic rings. The maximum atomic E-state index is 11.6. The summed E-state index contributed by atoms with van der Waals surface area (Å²) in [4.78, 5) is 13.3. The van der Waals surface area contributed by atoms with E-state index in [1.165, 1.54) is 0 Å². The number of nitrogens with one attached hydrogen (secondary N) is 1. The summed E-state index contributed by atoms with van der Waals surface area (Å²) in [7, 11) is 0. The molecule has 2 N–H and O–H groups in total. The molecule has 0 atom stereocenters. The third kappa shape index (κ3) is 2.32. The molecular formula is C11H20N2O2. The maximum Gasteiger partial charge on any atom is 0.236 e. The number of likely N-dealkylation sites (tertiary alicyclic amines) is 1. The van der Waals surface area contributed by atoms with E-state index in [2.05, 4.69) is 12.2 Å². The van der Waals surface area contributed by atoms with Gasteiger partial charge >= 0.3 is 0 Å². The van der Waals surface area contributed by atoms with Crippen molar-refractivity contribution in [1.29, 1.82) is 0 Å². The zero-order valence-corrected chi connectivity index (χ0v) is 9.33. The fraction of sp³-hybridized carbons (Fsp3) is 0.909. The molecule has 4 heteroatoms. The molecule has 0 bridgehead atoms. The van der Waals surface area contributed by atoms with Crippen LogP contribution in [0, 0.1) is 5.92 Å². The third-order valence-corrected chi connectivity index (χ3v) is 3.32. The lowest BCUT2D eigenvalue weighted by Crippen LogP contribution is -2.65. The average molecular weight is 212 g/mol. The second kappa shape index (κ2) is 4.10. The Morgan fingerprint density at radius 3 is 2.73 bits per heavy atom. The molecule has 2 rings (SSSR count). The number of hydrogen-bond donors (Lipinski definition) is 2. The Labute approximate surface area is 90.6 Å². The van der Waals surface area contributed by atoms with Gasteiger partial charge < -0.3 is 15.3 Å². The third-order valence-electron chi connectivity index (χ3n) is 3.32. The van der Waals surface area contributed by atoms with E-state index in [4.69, 9.17) is 0 Å². The molecule has 0 aromatic heterocycles. The first-order valence-electron chi connectivity index (χ1n) is 5.86. The molecule has 1 aliphatic carbocycles. The summed E-state index contributed by atoms with van der Waals surface area (Å²) in [6, 6.07) is 0. The smallest absolute Gasteiger partial charge is 0.236 e. The normalized spacial score (nSPS) is 23.7. The Balaban J connectivity index is 1.67. The van der Waals surface area contributed by atoms with Gasteiger partial charge in [0.1, 0.15) is 5.60 Å². The molecule has 0 unspecified atom stereocenters. The first-order chi connectivity index (χ1) is 7.15. The van der Waals surface area contributed by atoms with E-state index in [9.17, 15) is 9.90 Å². The van der Waals surface area contributed by atoms with Crippen LogP contribution < -0.4 is 5.32 Å². The van der Waals surface area contributed by atoms with Crippen LogP contribution in [0.2, 0.25) is 0 Å². The van der Waals surface area contributed by atoms with Crippen molar-refractivity contribution in [2.75, 3.05) is 26.2 Å². The highest BCUT2D eigenvalue weighted by atomic mass is 16.3. The van der Waals surface area contributed by atoms with E-state index in [0.717, 1.165) is 25.8 Å². The minimum absolute atomic E-state index is 0.119. The molecule has 15 heavy (non-hydrogen) atoms. The fourth-order valence-electron chi connectivity index (χ4n) is 2.15. The molecule has 1 heterocycles. The fourth-order valence-corrected chi connectivity index (χ4v) is 2.15. The van der Waals surface area contributed by atoms with Gasteiger partial charge in [0.05, 0.1) is 19.6 Å². The van der Waals surface area contributed by atoms with Crippen molar-refractivity contribution < 1.29 is 9.90 Å². The molecule has 1 saturated carbocycles. The van der Waals surface area contributed by atoms with E-state index in [-0.39, 0.29) is 5.91 Å². The van der Waals surface area contributed by atoms with Crippen LogP contribution in [0.1, 0.15) is 26.2 Å². The monoisotopic (exact) mass is 212 g/mol. The molecule has 0 aromatic carbocycles. The summed E-state index contributed by atoms with van der Waals surface area (Å²) >= 11 is 0. The molecule has 2 fully saturated rings. The predicted octanol–water partition coefficient (Wildman–Crippen LogP) is -0.0307. The molecule has 2 aliphatic rings. The maximum absolute atomic E-state index is 11.6. The first-order valence-corrected chi connectivity index (χ1v) is 5.86. The second-order valence-corrected chi connectivity index (χ2v) is 4.80. The summed E-state index contributed by atoms with van der Waals surface area (Å²) in [5.41, 5.74) is -0.541. The Kier molecular flexibility index (Phi) is 2.98. The van der Waals surface area contributed by atoms with Gasteiger partial charge in [0.15, 0.2) is 0 Å². The Morgan fingerprint density at radius 1 is 1.53 bits per heavy atom. The standard InChI is InChI=1S/C11H20N2O2/c1-2-5-12-6-10(14)13-7-11(15,8-13)9-3-4-9/h9,12,15H,2-8H2,1H3. The lowest BCUT2D eigenvalue weighted by atomic mass is 9.89. The second-order valence-electron chi connectivity index (χ2n) is 4.80. The van der Waals surface area contributed by atoms with Crippen LogP contribution in [0.15, 0.2) is 0 Å². The SMILES string of the molecule is CCCNCC(=O)N1CC(O)(C2CC2)C1. The molecule has 0 radical (unpaired) electrons. The summed E-state index contributed by atoms with van der Waals surface area (Å²) in [5, 5.41) is 13.1. The zero-order chi connectivity index (χ0) is 10.9. The highest BCUT2D eigenvalue weighted by Crippen LogP contribution is 2.44. The van der Waals surface area contributed by atoms with Gasteiger partial charge in [-0.05, 0) is 31.7 Å². The summed E-state index contributed by atoms with van der Waals surface area (Å²) < 4.78 is 0. The van der Waals surface area contributed by atoms with Crippen LogP contribution in [0.5, 0.6) is 0 Å². The number of aliphatic hydroxyl groups is 1. The summed E-state index contributed by atoms with van der Waals surface area (Å²) in [5.74, 6) is 0.582. The van der Waals surface area contributed by atoms with Crippen LogP contribution >= 0.6 is 0 Å². The number of carbonyl (C=O) groups is 1. The number of amides is 1. The summed E-state index contributed by atoms with van der Waals surface area (Å²) in [6.45, 7) is 4.46. The van der Waals surface area contributed by atoms with Crippen LogP contribution in [-0.4, -0.2) is 47.7 Å².